The van der Waals surface area contributed by atoms with E-state index in [-0.39, 0.29) is 6.61 Å². The predicted octanol–water partition coefficient (Wildman–Crippen LogP) is 2.87. The van der Waals surface area contributed by atoms with Gasteiger partial charge in [0.2, 0.25) is 0 Å². The zero-order chi connectivity index (χ0) is 11.6. The predicted molar refractivity (Wildman–Crippen MR) is 60.9 cm³/mol. The van der Waals surface area contributed by atoms with E-state index < -0.39 is 7.82 Å². The Kier molecular flexibility index (Phi) is 9.90. The molecule has 0 aromatic rings. The van der Waals surface area contributed by atoms with Crippen LogP contribution in [0.15, 0.2) is 0 Å². The number of hydrogen-bond acceptors (Lipinski definition) is 6. The van der Waals surface area contributed by atoms with Gasteiger partial charge in [-0.25, -0.2) is 4.57 Å². The van der Waals surface area contributed by atoms with E-state index in [0.717, 1.165) is 0 Å². The maximum Gasteiger partial charge on any atom is 0.474 e. The lowest BCUT2D eigenvalue weighted by molar-refractivity contribution is 0.127. The molecule has 5 nitrogen and oxygen atoms in total. The zero-order valence-electron chi connectivity index (χ0n) is 9.43. The molecule has 0 radical (unpaired) electrons. The lowest BCUT2D eigenvalue weighted by Crippen LogP contribution is -2.03. The molecule has 0 saturated heterocycles. The molecule has 0 aliphatic heterocycles. The van der Waals surface area contributed by atoms with Gasteiger partial charge in [0.25, 0.3) is 0 Å². The van der Waals surface area contributed by atoms with Crippen molar-refractivity contribution < 1.29 is 22.3 Å². The van der Waals surface area contributed by atoms with Crippen LogP contribution in [-0.4, -0.2) is 32.2 Å². The molecule has 0 amide bonds. The standard InChI is InChI=1S/C8H19O5PS/c1-4-10-14(9,11-5-2)12-7-8-15-13-6-3/h4-8H2,1-3H3. The molecule has 0 aliphatic rings. The Hall–Kier alpha value is 0.420. The first-order valence-corrected chi connectivity index (χ1v) is 7.33. The summed E-state index contributed by atoms with van der Waals surface area (Å²) in [6, 6.07) is 0. The van der Waals surface area contributed by atoms with Crippen molar-refractivity contribution in [3.8, 4) is 0 Å². The van der Waals surface area contributed by atoms with Gasteiger partial charge in [0, 0.05) is 5.75 Å². The minimum atomic E-state index is -3.34. The third-order valence-electron chi connectivity index (χ3n) is 1.19. The molecular formula is C8H19O5PS. The molecule has 0 aliphatic carbocycles. The number of phosphoric ester groups is 1. The fourth-order valence-electron chi connectivity index (χ4n) is 0.753. The number of phosphoric acid groups is 1. The molecule has 0 fully saturated rings. The van der Waals surface area contributed by atoms with Crippen LogP contribution < -0.4 is 0 Å². The third-order valence-corrected chi connectivity index (χ3v) is 3.58. The van der Waals surface area contributed by atoms with Crippen molar-refractivity contribution in [3.63, 3.8) is 0 Å². The summed E-state index contributed by atoms with van der Waals surface area (Å²) in [7, 11) is -3.34. The van der Waals surface area contributed by atoms with E-state index in [2.05, 4.69) is 0 Å². The Bertz CT molecular complexity index is 180. The van der Waals surface area contributed by atoms with E-state index >= 15 is 0 Å². The molecule has 7 heteroatoms. The molecular weight excluding hydrogens is 239 g/mol. The van der Waals surface area contributed by atoms with Gasteiger partial charge in [-0.2, -0.15) is 0 Å². The van der Waals surface area contributed by atoms with E-state index in [4.69, 9.17) is 17.8 Å². The molecule has 0 rings (SSSR count). The molecule has 0 aromatic carbocycles. The first-order valence-electron chi connectivity index (χ1n) is 4.96. The SMILES string of the molecule is CCOSCCOP(=O)(OCC)OCC. The second-order valence-electron chi connectivity index (χ2n) is 2.34. The van der Waals surface area contributed by atoms with Gasteiger partial charge in [0.15, 0.2) is 0 Å². The molecule has 0 N–H and O–H groups in total. The van der Waals surface area contributed by atoms with Crippen LogP contribution in [0.3, 0.4) is 0 Å². The normalized spacial score (nSPS) is 11.9. The summed E-state index contributed by atoms with van der Waals surface area (Å²) >= 11 is 1.27. The van der Waals surface area contributed by atoms with E-state index in [0.29, 0.717) is 25.6 Å². The van der Waals surface area contributed by atoms with Gasteiger partial charge in [-0.1, -0.05) is 0 Å². The highest BCUT2D eigenvalue weighted by molar-refractivity contribution is 7.94. The van der Waals surface area contributed by atoms with Crippen LogP contribution in [0.4, 0.5) is 0 Å². The topological polar surface area (TPSA) is 54.0 Å². The molecule has 0 spiro atoms. The van der Waals surface area contributed by atoms with Gasteiger partial charge in [-0.3, -0.25) is 13.6 Å². The molecule has 92 valence electrons. The minimum absolute atomic E-state index is 0.280. The molecule has 15 heavy (non-hydrogen) atoms. The molecule has 0 saturated carbocycles. The fourth-order valence-corrected chi connectivity index (χ4v) is 2.48. The van der Waals surface area contributed by atoms with Crippen molar-refractivity contribution in [2.24, 2.45) is 0 Å². The van der Waals surface area contributed by atoms with Crippen LogP contribution >= 0.6 is 19.9 Å². The summed E-state index contributed by atoms with van der Waals surface area (Å²) in [5.41, 5.74) is 0. The maximum atomic E-state index is 11.7. The van der Waals surface area contributed by atoms with Crippen LogP contribution in [0.2, 0.25) is 0 Å². The zero-order valence-corrected chi connectivity index (χ0v) is 11.1. The smallest absolute Gasteiger partial charge is 0.316 e. The van der Waals surface area contributed by atoms with Crippen molar-refractivity contribution in [3.05, 3.63) is 0 Å². The molecule has 0 unspecified atom stereocenters. The van der Waals surface area contributed by atoms with E-state index in [1.54, 1.807) is 13.8 Å². The first kappa shape index (κ1) is 15.4. The Morgan fingerprint density at radius 1 is 1.00 bits per heavy atom. The highest BCUT2D eigenvalue weighted by atomic mass is 32.2. The van der Waals surface area contributed by atoms with Gasteiger partial charge in [-0.05, 0) is 32.8 Å². The average Bonchev–Trinajstić information content (AvgIpc) is 2.18. The lowest BCUT2D eigenvalue weighted by Gasteiger charge is -2.15. The second-order valence-corrected chi connectivity index (χ2v) is 4.89. The quantitative estimate of drug-likeness (QED) is 0.341. The van der Waals surface area contributed by atoms with Crippen molar-refractivity contribution in [1.29, 1.82) is 0 Å². The number of rotatable bonds is 10. The fraction of sp³-hybridized carbons (Fsp3) is 1.00. The van der Waals surface area contributed by atoms with Crippen molar-refractivity contribution in [2.75, 3.05) is 32.2 Å². The molecule has 0 aromatic heterocycles. The summed E-state index contributed by atoms with van der Waals surface area (Å²) in [5.74, 6) is 0.595. The van der Waals surface area contributed by atoms with Gasteiger partial charge in [0.1, 0.15) is 0 Å². The summed E-state index contributed by atoms with van der Waals surface area (Å²) in [6.45, 7) is 6.90. The Morgan fingerprint density at radius 3 is 2.07 bits per heavy atom. The second kappa shape index (κ2) is 9.63. The monoisotopic (exact) mass is 258 g/mol. The molecule has 0 atom stereocenters. The van der Waals surface area contributed by atoms with E-state index in [9.17, 15) is 4.57 Å². The van der Waals surface area contributed by atoms with E-state index in [1.807, 2.05) is 6.92 Å². The summed E-state index contributed by atoms with van der Waals surface area (Å²) in [5, 5.41) is 0. The lowest BCUT2D eigenvalue weighted by atomic mass is 10.9. The first-order chi connectivity index (χ1) is 7.18. The minimum Gasteiger partial charge on any atom is -0.316 e. The summed E-state index contributed by atoms with van der Waals surface area (Å²) < 4.78 is 31.7. The molecule has 0 heterocycles. The summed E-state index contributed by atoms with van der Waals surface area (Å²) in [6.07, 6.45) is 0. The Labute approximate surface area is 95.6 Å². The van der Waals surface area contributed by atoms with Crippen molar-refractivity contribution in [1.82, 2.24) is 0 Å². The highest BCUT2D eigenvalue weighted by Crippen LogP contribution is 2.49. The molecule has 0 bridgehead atoms. The highest BCUT2D eigenvalue weighted by Gasteiger charge is 2.24. The third kappa shape index (κ3) is 8.25. The Morgan fingerprint density at radius 2 is 1.60 bits per heavy atom. The van der Waals surface area contributed by atoms with Gasteiger partial charge in [0.05, 0.1) is 26.4 Å². The number of hydrogen-bond donors (Lipinski definition) is 0. The van der Waals surface area contributed by atoms with Gasteiger partial charge >= 0.3 is 7.82 Å². The Balaban J connectivity index is 3.71. The largest absolute Gasteiger partial charge is 0.474 e. The van der Waals surface area contributed by atoms with Crippen molar-refractivity contribution in [2.45, 2.75) is 20.8 Å². The maximum absolute atomic E-state index is 11.7. The van der Waals surface area contributed by atoms with Crippen LogP contribution in [0.25, 0.3) is 0 Å². The average molecular weight is 258 g/mol. The van der Waals surface area contributed by atoms with Gasteiger partial charge in [-0.15, -0.1) is 0 Å². The van der Waals surface area contributed by atoms with Crippen LogP contribution in [-0.2, 0) is 22.3 Å². The van der Waals surface area contributed by atoms with Crippen LogP contribution in [0.1, 0.15) is 20.8 Å². The van der Waals surface area contributed by atoms with Crippen LogP contribution in [0.5, 0.6) is 0 Å². The van der Waals surface area contributed by atoms with Gasteiger partial charge < -0.3 is 4.18 Å². The summed E-state index contributed by atoms with van der Waals surface area (Å²) in [4.78, 5) is 0. The van der Waals surface area contributed by atoms with E-state index in [1.165, 1.54) is 12.0 Å². The van der Waals surface area contributed by atoms with Crippen LogP contribution in [0, 0.1) is 0 Å². The van der Waals surface area contributed by atoms with Crippen molar-refractivity contribution >= 4 is 19.9 Å².